The van der Waals surface area contributed by atoms with Gasteiger partial charge in [0.1, 0.15) is 0 Å². The average molecular weight is 294 g/mol. The standard InChI is InChI=1S/C18H34N2O/c1-15(17-11-7-3-4-8-12-17)19-16(2)18(21)20-13-9-5-6-10-14-20/h15-17,19H,3-14H2,1-2H3/t15-,16?/m0/s1. The van der Waals surface area contributed by atoms with Gasteiger partial charge in [-0.1, -0.05) is 38.5 Å². The van der Waals surface area contributed by atoms with Gasteiger partial charge in [-0.3, -0.25) is 4.79 Å². The van der Waals surface area contributed by atoms with Gasteiger partial charge in [-0.25, -0.2) is 0 Å². The highest BCUT2D eigenvalue weighted by atomic mass is 16.2. The second kappa shape index (κ2) is 8.77. The molecule has 1 heterocycles. The molecule has 0 aromatic rings. The van der Waals surface area contributed by atoms with Crippen LogP contribution in [-0.2, 0) is 4.79 Å². The van der Waals surface area contributed by atoms with Crippen LogP contribution in [0.25, 0.3) is 0 Å². The third-order valence-corrected chi connectivity index (χ3v) is 5.41. The van der Waals surface area contributed by atoms with Crippen molar-refractivity contribution in [2.75, 3.05) is 13.1 Å². The maximum atomic E-state index is 12.6. The van der Waals surface area contributed by atoms with E-state index in [2.05, 4.69) is 24.1 Å². The molecule has 2 fully saturated rings. The zero-order valence-corrected chi connectivity index (χ0v) is 14.1. The fourth-order valence-corrected chi connectivity index (χ4v) is 3.98. The average Bonchev–Trinajstić information content (AvgIpc) is 2.91. The molecular formula is C18H34N2O. The maximum absolute atomic E-state index is 12.6. The summed E-state index contributed by atoms with van der Waals surface area (Å²) in [6.45, 7) is 6.26. The van der Waals surface area contributed by atoms with Crippen molar-refractivity contribution in [2.45, 2.75) is 90.1 Å². The number of rotatable bonds is 4. The SMILES string of the molecule is CC(N[C@@H](C)C1CCCCCC1)C(=O)N1CCCCCC1. The first-order chi connectivity index (χ1) is 10.2. The zero-order chi connectivity index (χ0) is 15.1. The van der Waals surface area contributed by atoms with Crippen LogP contribution in [0.5, 0.6) is 0 Å². The summed E-state index contributed by atoms with van der Waals surface area (Å²) in [6, 6.07) is 0.440. The molecule has 0 bridgehead atoms. The Morgan fingerprint density at radius 3 is 2.00 bits per heavy atom. The van der Waals surface area contributed by atoms with Gasteiger partial charge >= 0.3 is 0 Å². The van der Waals surface area contributed by atoms with Gasteiger partial charge < -0.3 is 10.2 Å². The van der Waals surface area contributed by atoms with E-state index in [4.69, 9.17) is 0 Å². The Kier molecular flexibility index (Phi) is 7.01. The second-order valence-electron chi connectivity index (χ2n) is 7.17. The molecule has 1 aliphatic carbocycles. The van der Waals surface area contributed by atoms with Crippen LogP contribution in [-0.4, -0.2) is 36.0 Å². The largest absolute Gasteiger partial charge is 0.341 e. The summed E-state index contributed by atoms with van der Waals surface area (Å²) in [4.78, 5) is 14.7. The highest BCUT2D eigenvalue weighted by molar-refractivity contribution is 5.81. The van der Waals surface area contributed by atoms with Crippen molar-refractivity contribution < 1.29 is 4.79 Å². The lowest BCUT2D eigenvalue weighted by atomic mass is 9.92. The summed E-state index contributed by atoms with van der Waals surface area (Å²) in [7, 11) is 0. The first-order valence-corrected chi connectivity index (χ1v) is 9.23. The van der Waals surface area contributed by atoms with Gasteiger partial charge in [0, 0.05) is 19.1 Å². The van der Waals surface area contributed by atoms with E-state index in [1.165, 1.54) is 64.2 Å². The Balaban J connectivity index is 1.81. The van der Waals surface area contributed by atoms with E-state index in [1.54, 1.807) is 0 Å². The van der Waals surface area contributed by atoms with Crippen molar-refractivity contribution in [3.63, 3.8) is 0 Å². The quantitative estimate of drug-likeness (QED) is 0.801. The van der Waals surface area contributed by atoms with Gasteiger partial charge in [0.25, 0.3) is 0 Å². The highest BCUT2D eigenvalue weighted by Gasteiger charge is 2.25. The number of amides is 1. The van der Waals surface area contributed by atoms with E-state index in [0.29, 0.717) is 11.9 Å². The van der Waals surface area contributed by atoms with E-state index < -0.39 is 0 Å². The van der Waals surface area contributed by atoms with E-state index in [1.807, 2.05) is 0 Å². The van der Waals surface area contributed by atoms with Crippen LogP contribution >= 0.6 is 0 Å². The molecule has 1 aliphatic heterocycles. The maximum Gasteiger partial charge on any atom is 0.239 e. The lowest BCUT2D eigenvalue weighted by Gasteiger charge is -2.30. The molecule has 2 aliphatic rings. The van der Waals surface area contributed by atoms with Crippen molar-refractivity contribution in [3.05, 3.63) is 0 Å². The molecule has 1 amide bonds. The zero-order valence-electron chi connectivity index (χ0n) is 14.1. The van der Waals surface area contributed by atoms with Gasteiger partial charge in [-0.2, -0.15) is 0 Å². The van der Waals surface area contributed by atoms with Gasteiger partial charge in [0.05, 0.1) is 6.04 Å². The van der Waals surface area contributed by atoms with Crippen molar-refractivity contribution in [1.29, 1.82) is 0 Å². The van der Waals surface area contributed by atoms with Crippen molar-refractivity contribution in [2.24, 2.45) is 5.92 Å². The highest BCUT2D eigenvalue weighted by Crippen LogP contribution is 2.25. The summed E-state index contributed by atoms with van der Waals surface area (Å²) < 4.78 is 0. The summed E-state index contributed by atoms with van der Waals surface area (Å²) >= 11 is 0. The molecule has 3 nitrogen and oxygen atoms in total. The number of nitrogens with one attached hydrogen (secondary N) is 1. The minimum atomic E-state index is -0.0265. The smallest absolute Gasteiger partial charge is 0.239 e. The first kappa shape index (κ1) is 16.8. The fourth-order valence-electron chi connectivity index (χ4n) is 3.98. The lowest BCUT2D eigenvalue weighted by Crippen LogP contribution is -2.49. The summed E-state index contributed by atoms with van der Waals surface area (Å²) in [5.74, 6) is 1.07. The van der Waals surface area contributed by atoms with Crippen LogP contribution in [0.3, 0.4) is 0 Å². The molecule has 1 saturated carbocycles. The van der Waals surface area contributed by atoms with Crippen LogP contribution in [0.1, 0.15) is 78.1 Å². The Hall–Kier alpha value is -0.570. The number of likely N-dealkylation sites (tertiary alicyclic amines) is 1. The Bertz CT molecular complexity index is 302. The molecule has 0 spiro atoms. The number of carbonyl (C=O) groups is 1. The van der Waals surface area contributed by atoms with Gasteiger partial charge in [-0.05, 0) is 45.4 Å². The predicted octanol–water partition coefficient (Wildman–Crippen LogP) is 3.73. The van der Waals surface area contributed by atoms with Crippen LogP contribution in [0.15, 0.2) is 0 Å². The van der Waals surface area contributed by atoms with Crippen LogP contribution in [0.4, 0.5) is 0 Å². The Morgan fingerprint density at radius 2 is 1.43 bits per heavy atom. The molecule has 0 radical (unpaired) electrons. The second-order valence-corrected chi connectivity index (χ2v) is 7.17. The molecular weight excluding hydrogens is 260 g/mol. The van der Waals surface area contributed by atoms with Crippen molar-refractivity contribution in [1.82, 2.24) is 10.2 Å². The van der Waals surface area contributed by atoms with Gasteiger partial charge in [0.2, 0.25) is 5.91 Å². The number of hydrogen-bond acceptors (Lipinski definition) is 2. The number of carbonyl (C=O) groups excluding carboxylic acids is 1. The van der Waals surface area contributed by atoms with E-state index >= 15 is 0 Å². The molecule has 1 unspecified atom stereocenters. The van der Waals surface area contributed by atoms with Crippen LogP contribution in [0, 0.1) is 5.92 Å². The molecule has 122 valence electrons. The summed E-state index contributed by atoms with van der Waals surface area (Å²) in [5.41, 5.74) is 0. The van der Waals surface area contributed by atoms with E-state index in [-0.39, 0.29) is 6.04 Å². The number of hydrogen-bond donors (Lipinski definition) is 1. The molecule has 0 aromatic carbocycles. The number of nitrogens with zero attached hydrogens (tertiary/aromatic N) is 1. The molecule has 0 aromatic heterocycles. The monoisotopic (exact) mass is 294 g/mol. The lowest BCUT2D eigenvalue weighted by molar-refractivity contribution is -0.133. The Labute approximate surface area is 130 Å². The third-order valence-electron chi connectivity index (χ3n) is 5.41. The minimum Gasteiger partial charge on any atom is -0.341 e. The van der Waals surface area contributed by atoms with Gasteiger partial charge in [0.15, 0.2) is 0 Å². The summed E-state index contributed by atoms with van der Waals surface area (Å²) in [6.07, 6.45) is 13.1. The molecule has 2 atom stereocenters. The minimum absolute atomic E-state index is 0.0265. The molecule has 1 saturated heterocycles. The normalized spacial score (nSPS) is 25.0. The van der Waals surface area contributed by atoms with Crippen molar-refractivity contribution in [3.8, 4) is 0 Å². The van der Waals surface area contributed by atoms with Crippen LogP contribution < -0.4 is 5.32 Å². The molecule has 2 rings (SSSR count). The van der Waals surface area contributed by atoms with E-state index in [9.17, 15) is 4.79 Å². The Morgan fingerprint density at radius 1 is 0.905 bits per heavy atom. The third kappa shape index (κ3) is 5.28. The molecule has 1 N–H and O–H groups in total. The van der Waals surface area contributed by atoms with E-state index in [0.717, 1.165) is 19.0 Å². The molecule has 21 heavy (non-hydrogen) atoms. The summed E-state index contributed by atoms with van der Waals surface area (Å²) in [5, 5.41) is 3.60. The first-order valence-electron chi connectivity index (χ1n) is 9.23. The van der Waals surface area contributed by atoms with Crippen LogP contribution in [0.2, 0.25) is 0 Å². The van der Waals surface area contributed by atoms with Crippen molar-refractivity contribution >= 4 is 5.91 Å². The topological polar surface area (TPSA) is 32.3 Å². The predicted molar refractivity (Wildman–Crippen MR) is 88.3 cm³/mol. The van der Waals surface area contributed by atoms with Gasteiger partial charge in [-0.15, -0.1) is 0 Å². The fraction of sp³-hybridized carbons (Fsp3) is 0.944. The molecule has 3 heteroatoms.